The zero-order valence-electron chi connectivity index (χ0n) is 10.4. The van der Waals surface area contributed by atoms with Crippen molar-refractivity contribution in [3.05, 3.63) is 63.9 Å². The average Bonchev–Trinajstić information content (AvgIpc) is 2.34. The van der Waals surface area contributed by atoms with Gasteiger partial charge in [-0.3, -0.25) is 0 Å². The minimum Gasteiger partial charge on any atom is -0.376 e. The van der Waals surface area contributed by atoms with E-state index in [0.29, 0.717) is 5.69 Å². The minimum absolute atomic E-state index is 0.0544. The van der Waals surface area contributed by atoms with Crippen LogP contribution in [0.4, 0.5) is 10.1 Å². The molecule has 1 nitrogen and oxygen atoms in total. The van der Waals surface area contributed by atoms with Crippen LogP contribution in [0.1, 0.15) is 24.1 Å². The molecule has 0 amide bonds. The molecular weight excluding hydrogens is 293 g/mol. The minimum atomic E-state index is -0.220. The molecule has 0 bridgehead atoms. The normalized spacial score (nSPS) is 12.2. The summed E-state index contributed by atoms with van der Waals surface area (Å²) in [6.45, 7) is 3.97. The van der Waals surface area contributed by atoms with Gasteiger partial charge < -0.3 is 5.32 Å². The van der Waals surface area contributed by atoms with E-state index < -0.39 is 0 Å². The van der Waals surface area contributed by atoms with E-state index in [4.69, 9.17) is 0 Å². The molecule has 0 spiro atoms. The Bertz CT molecular complexity index is 554. The number of halogens is 2. The van der Waals surface area contributed by atoms with Crippen molar-refractivity contribution in [3.8, 4) is 0 Å². The highest BCUT2D eigenvalue weighted by Gasteiger charge is 2.08. The van der Waals surface area contributed by atoms with Crippen molar-refractivity contribution in [1.29, 1.82) is 0 Å². The van der Waals surface area contributed by atoms with Crippen LogP contribution in [0.2, 0.25) is 0 Å². The number of benzene rings is 2. The number of anilines is 1. The van der Waals surface area contributed by atoms with E-state index in [1.807, 2.05) is 44.2 Å². The van der Waals surface area contributed by atoms with Crippen molar-refractivity contribution in [2.45, 2.75) is 19.9 Å². The molecule has 94 valence electrons. The summed E-state index contributed by atoms with van der Waals surface area (Å²) in [6, 6.07) is 13.1. The van der Waals surface area contributed by atoms with Gasteiger partial charge in [0.05, 0.1) is 5.69 Å². The zero-order chi connectivity index (χ0) is 13.1. The van der Waals surface area contributed by atoms with Gasteiger partial charge in [0.2, 0.25) is 0 Å². The van der Waals surface area contributed by atoms with Crippen LogP contribution >= 0.6 is 15.9 Å². The van der Waals surface area contributed by atoms with Crippen LogP contribution in [0.5, 0.6) is 0 Å². The van der Waals surface area contributed by atoms with Crippen molar-refractivity contribution in [3.63, 3.8) is 0 Å². The van der Waals surface area contributed by atoms with Gasteiger partial charge in [-0.25, -0.2) is 4.39 Å². The lowest BCUT2D eigenvalue weighted by Crippen LogP contribution is -2.08. The van der Waals surface area contributed by atoms with E-state index in [1.165, 1.54) is 6.07 Å². The predicted octanol–water partition coefficient (Wildman–Crippen LogP) is 5.07. The fourth-order valence-electron chi connectivity index (χ4n) is 1.84. The summed E-state index contributed by atoms with van der Waals surface area (Å²) < 4.78 is 14.7. The molecule has 0 saturated heterocycles. The Morgan fingerprint density at radius 3 is 2.67 bits per heavy atom. The quantitative estimate of drug-likeness (QED) is 0.834. The smallest absolute Gasteiger partial charge is 0.146 e. The lowest BCUT2D eigenvalue weighted by atomic mass is 10.1. The second kappa shape index (κ2) is 5.53. The first kappa shape index (κ1) is 13.1. The van der Waals surface area contributed by atoms with Crippen LogP contribution in [0.3, 0.4) is 0 Å². The van der Waals surface area contributed by atoms with Crippen LogP contribution in [0.25, 0.3) is 0 Å². The van der Waals surface area contributed by atoms with Crippen molar-refractivity contribution >= 4 is 21.6 Å². The molecule has 0 radical (unpaired) electrons. The van der Waals surface area contributed by atoms with Gasteiger partial charge in [0.25, 0.3) is 0 Å². The Balaban J connectivity index is 2.21. The third-order valence-corrected chi connectivity index (χ3v) is 3.34. The summed E-state index contributed by atoms with van der Waals surface area (Å²) in [4.78, 5) is 0. The van der Waals surface area contributed by atoms with Crippen molar-refractivity contribution < 1.29 is 4.39 Å². The average molecular weight is 308 g/mol. The molecule has 0 heterocycles. The molecule has 1 atom stereocenters. The van der Waals surface area contributed by atoms with Gasteiger partial charge in [0.15, 0.2) is 0 Å². The predicted molar refractivity (Wildman–Crippen MR) is 77.3 cm³/mol. The van der Waals surface area contributed by atoms with E-state index in [0.717, 1.165) is 15.6 Å². The molecule has 2 aromatic rings. The standard InChI is InChI=1S/C15H15BrFN/c1-10-6-7-14(17)15(8-10)18-11(2)12-4-3-5-13(16)9-12/h3-9,11,18H,1-2H3. The topological polar surface area (TPSA) is 12.0 Å². The first-order valence-corrected chi connectivity index (χ1v) is 6.64. The highest BCUT2D eigenvalue weighted by molar-refractivity contribution is 9.10. The molecule has 0 saturated carbocycles. The maximum Gasteiger partial charge on any atom is 0.146 e. The van der Waals surface area contributed by atoms with Gasteiger partial charge >= 0.3 is 0 Å². The highest BCUT2D eigenvalue weighted by Crippen LogP contribution is 2.24. The van der Waals surface area contributed by atoms with E-state index in [-0.39, 0.29) is 11.9 Å². The molecule has 0 fully saturated rings. The van der Waals surface area contributed by atoms with Crippen LogP contribution < -0.4 is 5.32 Å². The number of nitrogens with one attached hydrogen (secondary N) is 1. The fraction of sp³-hybridized carbons (Fsp3) is 0.200. The second-order valence-corrected chi connectivity index (χ2v) is 5.32. The van der Waals surface area contributed by atoms with Crippen molar-refractivity contribution in [1.82, 2.24) is 0 Å². The SMILES string of the molecule is Cc1ccc(F)c(NC(C)c2cccc(Br)c2)c1. The monoisotopic (exact) mass is 307 g/mol. The first-order chi connectivity index (χ1) is 8.56. The molecule has 2 rings (SSSR count). The van der Waals surface area contributed by atoms with Gasteiger partial charge in [0, 0.05) is 10.5 Å². The molecule has 0 aliphatic heterocycles. The molecule has 0 aliphatic rings. The Kier molecular flexibility index (Phi) is 4.02. The van der Waals surface area contributed by atoms with Crippen LogP contribution in [-0.2, 0) is 0 Å². The van der Waals surface area contributed by atoms with Crippen molar-refractivity contribution in [2.75, 3.05) is 5.32 Å². The summed E-state index contributed by atoms with van der Waals surface area (Å²) in [6.07, 6.45) is 0. The maximum absolute atomic E-state index is 13.7. The van der Waals surface area contributed by atoms with Gasteiger partial charge in [0.1, 0.15) is 5.82 Å². The van der Waals surface area contributed by atoms with Gasteiger partial charge in [-0.15, -0.1) is 0 Å². The summed E-state index contributed by atoms with van der Waals surface area (Å²) in [7, 11) is 0. The molecule has 2 aromatic carbocycles. The zero-order valence-corrected chi connectivity index (χ0v) is 12.0. The van der Waals surface area contributed by atoms with Crippen LogP contribution in [0, 0.1) is 12.7 Å². The van der Waals surface area contributed by atoms with E-state index in [9.17, 15) is 4.39 Å². The van der Waals surface area contributed by atoms with E-state index in [2.05, 4.69) is 21.2 Å². The largest absolute Gasteiger partial charge is 0.376 e. The van der Waals surface area contributed by atoms with E-state index in [1.54, 1.807) is 6.07 Å². The number of hydrogen-bond acceptors (Lipinski definition) is 1. The third-order valence-electron chi connectivity index (χ3n) is 2.84. The van der Waals surface area contributed by atoms with Crippen LogP contribution in [0.15, 0.2) is 46.9 Å². The Labute approximate surface area is 115 Å². The van der Waals surface area contributed by atoms with Gasteiger partial charge in [-0.05, 0) is 49.2 Å². The van der Waals surface area contributed by atoms with Gasteiger partial charge in [-0.2, -0.15) is 0 Å². The molecule has 0 aliphatic carbocycles. The van der Waals surface area contributed by atoms with E-state index >= 15 is 0 Å². The molecule has 0 aromatic heterocycles. The molecular formula is C15H15BrFN. The molecule has 18 heavy (non-hydrogen) atoms. The summed E-state index contributed by atoms with van der Waals surface area (Å²) in [5, 5.41) is 3.20. The summed E-state index contributed by atoms with van der Waals surface area (Å²) in [5.41, 5.74) is 2.70. The highest BCUT2D eigenvalue weighted by atomic mass is 79.9. The van der Waals surface area contributed by atoms with Crippen molar-refractivity contribution in [2.24, 2.45) is 0 Å². The Morgan fingerprint density at radius 2 is 1.94 bits per heavy atom. The molecule has 3 heteroatoms. The second-order valence-electron chi connectivity index (χ2n) is 4.40. The number of aryl methyl sites for hydroxylation is 1. The summed E-state index contributed by atoms with van der Waals surface area (Å²) in [5.74, 6) is -0.220. The Hall–Kier alpha value is -1.35. The fourth-order valence-corrected chi connectivity index (χ4v) is 2.26. The maximum atomic E-state index is 13.7. The summed E-state index contributed by atoms with van der Waals surface area (Å²) >= 11 is 3.44. The lowest BCUT2D eigenvalue weighted by Gasteiger charge is -2.17. The molecule has 1 N–H and O–H groups in total. The van der Waals surface area contributed by atoms with Gasteiger partial charge in [-0.1, -0.05) is 34.1 Å². The lowest BCUT2D eigenvalue weighted by molar-refractivity contribution is 0.627. The molecule has 1 unspecified atom stereocenters. The third kappa shape index (κ3) is 3.10. The number of hydrogen-bond donors (Lipinski definition) is 1. The Morgan fingerprint density at radius 1 is 1.17 bits per heavy atom. The number of rotatable bonds is 3. The van der Waals surface area contributed by atoms with Crippen LogP contribution in [-0.4, -0.2) is 0 Å². The first-order valence-electron chi connectivity index (χ1n) is 5.84.